The molecule has 0 aliphatic rings. The Morgan fingerprint density at radius 3 is 1.58 bits per heavy atom. The van der Waals surface area contributed by atoms with Crippen LogP contribution in [0.1, 0.15) is 115 Å². The molecule has 4 atom stereocenters. The van der Waals surface area contributed by atoms with Gasteiger partial charge in [-0.1, -0.05) is 68.7 Å². The molecular formula is C23H46O3. The lowest BCUT2D eigenvalue weighted by atomic mass is 9.55. The fraction of sp³-hybridized carbons (Fsp3) is 0.957. The highest BCUT2D eigenvalue weighted by Crippen LogP contribution is 2.54. The van der Waals surface area contributed by atoms with E-state index < -0.39 is 16.6 Å². The zero-order valence-corrected chi connectivity index (χ0v) is 19.5. The van der Waals surface area contributed by atoms with E-state index in [4.69, 9.17) is 4.74 Å². The fourth-order valence-corrected chi connectivity index (χ4v) is 4.26. The van der Waals surface area contributed by atoms with Crippen molar-refractivity contribution in [1.82, 2.24) is 0 Å². The summed E-state index contributed by atoms with van der Waals surface area (Å²) in [5.74, 6) is -0.195. The highest BCUT2D eigenvalue weighted by molar-refractivity contribution is 5.71. The first-order valence-electron chi connectivity index (χ1n) is 10.6. The van der Waals surface area contributed by atoms with Gasteiger partial charge in [0, 0.05) is 10.8 Å². The fourth-order valence-electron chi connectivity index (χ4n) is 4.26. The maximum atomic E-state index is 13.0. The van der Waals surface area contributed by atoms with Crippen molar-refractivity contribution in [1.29, 1.82) is 0 Å². The van der Waals surface area contributed by atoms with Crippen molar-refractivity contribution in [3.8, 4) is 0 Å². The highest BCUT2D eigenvalue weighted by atomic mass is 16.6. The summed E-state index contributed by atoms with van der Waals surface area (Å²) in [6.45, 7) is 23.2. The van der Waals surface area contributed by atoms with Gasteiger partial charge in [0.25, 0.3) is 0 Å². The first-order valence-corrected chi connectivity index (χ1v) is 10.6. The van der Waals surface area contributed by atoms with Gasteiger partial charge in [-0.15, -0.1) is 0 Å². The lowest BCUT2D eigenvalue weighted by molar-refractivity contribution is -0.196. The van der Waals surface area contributed by atoms with Gasteiger partial charge in [0.15, 0.2) is 0 Å². The van der Waals surface area contributed by atoms with E-state index in [9.17, 15) is 9.90 Å². The predicted octanol–water partition coefficient (Wildman–Crippen LogP) is 6.52. The van der Waals surface area contributed by atoms with Gasteiger partial charge in [-0.2, -0.15) is 0 Å². The molecule has 1 N–H and O–H groups in total. The van der Waals surface area contributed by atoms with Gasteiger partial charge in [-0.25, -0.2) is 0 Å². The summed E-state index contributed by atoms with van der Waals surface area (Å²) in [5.41, 5.74) is -1.99. The van der Waals surface area contributed by atoms with Gasteiger partial charge in [0.2, 0.25) is 0 Å². The van der Waals surface area contributed by atoms with E-state index in [2.05, 4.69) is 48.5 Å². The van der Waals surface area contributed by atoms with Crippen molar-refractivity contribution in [2.24, 2.45) is 16.2 Å². The Morgan fingerprint density at radius 2 is 1.27 bits per heavy atom. The molecule has 0 aliphatic heterocycles. The molecular weight excluding hydrogens is 324 g/mol. The topological polar surface area (TPSA) is 46.5 Å². The van der Waals surface area contributed by atoms with Crippen LogP contribution < -0.4 is 0 Å². The van der Waals surface area contributed by atoms with E-state index in [0.29, 0.717) is 6.42 Å². The Kier molecular flexibility index (Phi) is 8.44. The van der Waals surface area contributed by atoms with E-state index in [1.54, 1.807) is 0 Å². The summed E-state index contributed by atoms with van der Waals surface area (Å²) >= 11 is 0. The van der Waals surface area contributed by atoms with E-state index >= 15 is 0 Å². The van der Waals surface area contributed by atoms with Crippen LogP contribution in [0, 0.1) is 16.2 Å². The Bertz CT molecular complexity index is 468. The Morgan fingerprint density at radius 1 is 0.769 bits per heavy atom. The first-order chi connectivity index (χ1) is 11.7. The molecule has 26 heavy (non-hydrogen) atoms. The van der Waals surface area contributed by atoms with Gasteiger partial charge in [-0.3, -0.25) is 4.79 Å². The van der Waals surface area contributed by atoms with Crippen molar-refractivity contribution in [3.63, 3.8) is 0 Å². The second-order valence-corrected chi connectivity index (χ2v) is 9.70. The third-order valence-corrected chi connectivity index (χ3v) is 8.57. The second kappa shape index (κ2) is 8.63. The SMILES string of the molecule is CCC(C)(C)C(C)(CC)C(C)(CC)OC(=O)CC(C)(CC)C(C)(O)CC. The van der Waals surface area contributed by atoms with Crippen molar-refractivity contribution in [2.75, 3.05) is 0 Å². The van der Waals surface area contributed by atoms with Crippen molar-refractivity contribution in [3.05, 3.63) is 0 Å². The molecule has 0 saturated heterocycles. The largest absolute Gasteiger partial charge is 0.459 e. The van der Waals surface area contributed by atoms with Crippen molar-refractivity contribution in [2.45, 2.75) is 126 Å². The van der Waals surface area contributed by atoms with Crippen LogP contribution in [0.3, 0.4) is 0 Å². The Balaban J connectivity index is 5.72. The molecule has 0 bridgehead atoms. The second-order valence-electron chi connectivity index (χ2n) is 9.70. The minimum absolute atomic E-state index is 0.0514. The zero-order valence-electron chi connectivity index (χ0n) is 19.5. The van der Waals surface area contributed by atoms with Gasteiger partial charge < -0.3 is 9.84 Å². The minimum Gasteiger partial charge on any atom is -0.459 e. The number of hydrogen-bond donors (Lipinski definition) is 1. The van der Waals surface area contributed by atoms with Crippen LogP contribution in [-0.4, -0.2) is 22.3 Å². The Labute approximate surface area is 163 Å². The molecule has 0 spiro atoms. The number of hydrogen-bond acceptors (Lipinski definition) is 3. The van der Waals surface area contributed by atoms with Gasteiger partial charge in [0.05, 0.1) is 12.0 Å². The lowest BCUT2D eigenvalue weighted by Crippen LogP contribution is -2.55. The predicted molar refractivity (Wildman–Crippen MR) is 111 cm³/mol. The monoisotopic (exact) mass is 370 g/mol. The smallest absolute Gasteiger partial charge is 0.307 e. The standard InChI is InChI=1S/C23H46O3/c1-12-19(6,7)21(9,14-3)23(11,16-5)26-18(24)17-20(8,13-2)22(10,25)15-4/h25H,12-17H2,1-11H3. The minimum atomic E-state index is -0.889. The van der Waals surface area contributed by atoms with Gasteiger partial charge in [-0.05, 0) is 44.9 Å². The summed E-state index contributed by atoms with van der Waals surface area (Å²) in [5, 5.41) is 10.8. The number of carbonyl (C=O) groups excluding carboxylic acids is 1. The number of rotatable bonds is 11. The molecule has 0 heterocycles. The van der Waals surface area contributed by atoms with Crippen LogP contribution in [0.25, 0.3) is 0 Å². The average molecular weight is 371 g/mol. The molecule has 3 heteroatoms. The summed E-state index contributed by atoms with van der Waals surface area (Å²) < 4.78 is 6.22. The lowest BCUT2D eigenvalue weighted by Gasteiger charge is -2.54. The summed E-state index contributed by atoms with van der Waals surface area (Å²) in [6.07, 6.45) is 4.35. The van der Waals surface area contributed by atoms with Crippen LogP contribution in [-0.2, 0) is 9.53 Å². The summed E-state index contributed by atoms with van der Waals surface area (Å²) in [6, 6.07) is 0. The number of esters is 1. The van der Waals surface area contributed by atoms with Crippen molar-refractivity contribution < 1.29 is 14.6 Å². The molecule has 0 fully saturated rings. The highest BCUT2D eigenvalue weighted by Gasteiger charge is 2.54. The van der Waals surface area contributed by atoms with E-state index in [1.807, 2.05) is 27.7 Å². The molecule has 0 aromatic heterocycles. The van der Waals surface area contributed by atoms with Crippen LogP contribution in [0.4, 0.5) is 0 Å². The number of carbonyl (C=O) groups is 1. The Hall–Kier alpha value is -0.570. The number of ether oxygens (including phenoxy) is 1. The molecule has 4 unspecified atom stereocenters. The molecule has 0 saturated carbocycles. The molecule has 0 amide bonds. The maximum absolute atomic E-state index is 13.0. The summed E-state index contributed by atoms with van der Waals surface area (Å²) in [4.78, 5) is 13.0. The molecule has 0 aromatic carbocycles. The average Bonchev–Trinajstić information content (AvgIpc) is 2.59. The van der Waals surface area contributed by atoms with E-state index in [-0.39, 0.29) is 23.2 Å². The van der Waals surface area contributed by atoms with Crippen molar-refractivity contribution >= 4 is 5.97 Å². The van der Waals surface area contributed by atoms with Crippen LogP contribution in [0.5, 0.6) is 0 Å². The molecule has 0 radical (unpaired) electrons. The van der Waals surface area contributed by atoms with Crippen LogP contribution in [0.15, 0.2) is 0 Å². The normalized spacial score (nSPS) is 21.8. The van der Waals surface area contributed by atoms with E-state index in [1.165, 1.54) is 0 Å². The zero-order chi connectivity index (χ0) is 21.0. The first kappa shape index (κ1) is 25.4. The third kappa shape index (κ3) is 4.46. The molecule has 0 aromatic rings. The molecule has 3 nitrogen and oxygen atoms in total. The quantitative estimate of drug-likeness (QED) is 0.421. The van der Waals surface area contributed by atoms with Gasteiger partial charge >= 0.3 is 5.97 Å². The number of aliphatic hydroxyl groups is 1. The summed E-state index contributed by atoms with van der Waals surface area (Å²) in [7, 11) is 0. The molecule has 0 aliphatic carbocycles. The van der Waals surface area contributed by atoms with Crippen LogP contribution in [0.2, 0.25) is 0 Å². The third-order valence-electron chi connectivity index (χ3n) is 8.57. The molecule has 156 valence electrons. The van der Waals surface area contributed by atoms with Gasteiger partial charge in [0.1, 0.15) is 5.60 Å². The van der Waals surface area contributed by atoms with Crippen LogP contribution >= 0.6 is 0 Å². The molecule has 0 rings (SSSR count). The van der Waals surface area contributed by atoms with E-state index in [0.717, 1.165) is 25.7 Å². The maximum Gasteiger partial charge on any atom is 0.307 e.